The quantitative estimate of drug-likeness (QED) is 0.259. The zero-order valence-corrected chi connectivity index (χ0v) is 24.5. The van der Waals surface area contributed by atoms with Crippen LogP contribution in [0.5, 0.6) is 17.2 Å². The lowest BCUT2D eigenvalue weighted by atomic mass is 9.85. The van der Waals surface area contributed by atoms with Crippen LogP contribution in [0.25, 0.3) is 11.0 Å². The van der Waals surface area contributed by atoms with Crippen molar-refractivity contribution in [2.75, 3.05) is 28.4 Å². The lowest BCUT2D eigenvalue weighted by Crippen LogP contribution is -2.36. The van der Waals surface area contributed by atoms with Gasteiger partial charge in [-0.2, -0.15) is 0 Å². The Morgan fingerprint density at radius 3 is 2.21 bits per heavy atom. The fourth-order valence-electron chi connectivity index (χ4n) is 5.11. The molecule has 1 aromatic heterocycles. The Morgan fingerprint density at radius 2 is 1.63 bits per heavy atom. The summed E-state index contributed by atoms with van der Waals surface area (Å²) in [4.78, 5) is 13.2. The molecule has 0 saturated carbocycles. The minimum atomic E-state index is -0.230. The average Bonchev–Trinajstić information content (AvgIpc) is 2.90. The van der Waals surface area contributed by atoms with Crippen molar-refractivity contribution in [3.8, 4) is 17.2 Å². The Bertz CT molecular complexity index is 1150. The standard InChI is InChI=1S/C31H46O7/c1-10-13-19(2)14-11-12-15-23(34-6)22(5)30(37-9)20(3)16-17-24-21(4)28(32)27-25(35-7)18-26(36-8)29(33)31(27)38-24/h11-12,14-15,18-20,22-23,30,33H,10,13,16-17H2,1-9H3/b14-11?,15-12+. The van der Waals surface area contributed by atoms with Gasteiger partial charge in [0.25, 0.3) is 0 Å². The van der Waals surface area contributed by atoms with E-state index in [1.807, 2.05) is 0 Å². The molecule has 0 amide bonds. The summed E-state index contributed by atoms with van der Waals surface area (Å²) in [6, 6.07) is 1.49. The van der Waals surface area contributed by atoms with Gasteiger partial charge in [0.1, 0.15) is 16.9 Å². The minimum Gasteiger partial charge on any atom is -0.502 e. The number of rotatable bonds is 15. The van der Waals surface area contributed by atoms with Gasteiger partial charge in [-0.25, -0.2) is 0 Å². The van der Waals surface area contributed by atoms with Crippen LogP contribution in [0, 0.1) is 24.7 Å². The molecule has 0 fully saturated rings. The number of aromatic hydroxyl groups is 1. The molecule has 1 aromatic carbocycles. The normalized spacial score (nSPS) is 16.1. The largest absolute Gasteiger partial charge is 0.502 e. The van der Waals surface area contributed by atoms with Crippen LogP contribution in [0.4, 0.5) is 0 Å². The Labute approximate surface area is 227 Å². The lowest BCUT2D eigenvalue weighted by Gasteiger charge is -2.32. The van der Waals surface area contributed by atoms with Crippen LogP contribution >= 0.6 is 0 Å². The summed E-state index contributed by atoms with van der Waals surface area (Å²) in [5.74, 6) is 1.59. The smallest absolute Gasteiger partial charge is 0.202 e. The third-order valence-corrected chi connectivity index (χ3v) is 7.40. The summed E-state index contributed by atoms with van der Waals surface area (Å²) in [6.07, 6.45) is 11.8. The molecule has 0 aliphatic heterocycles. The van der Waals surface area contributed by atoms with Gasteiger partial charge in [-0.05, 0) is 31.6 Å². The number of fused-ring (bicyclic) bond motifs is 1. The maximum absolute atomic E-state index is 13.2. The Kier molecular flexibility index (Phi) is 12.4. The first-order valence-electron chi connectivity index (χ1n) is 13.5. The molecule has 7 heteroatoms. The number of hydrogen-bond donors (Lipinski definition) is 1. The maximum Gasteiger partial charge on any atom is 0.202 e. The molecule has 2 rings (SSSR count). The van der Waals surface area contributed by atoms with Crippen molar-refractivity contribution in [1.82, 2.24) is 0 Å². The molecule has 38 heavy (non-hydrogen) atoms. The number of allylic oxidation sites excluding steroid dienone is 3. The van der Waals surface area contributed by atoms with Gasteiger partial charge in [0.2, 0.25) is 5.75 Å². The van der Waals surface area contributed by atoms with E-state index in [1.165, 1.54) is 33.1 Å². The summed E-state index contributed by atoms with van der Waals surface area (Å²) in [6.45, 7) is 10.4. The summed E-state index contributed by atoms with van der Waals surface area (Å²) in [5.41, 5.74) is 0.338. The molecule has 0 aliphatic carbocycles. The monoisotopic (exact) mass is 530 g/mol. The van der Waals surface area contributed by atoms with Crippen molar-refractivity contribution in [1.29, 1.82) is 0 Å². The van der Waals surface area contributed by atoms with E-state index < -0.39 is 0 Å². The molecule has 0 saturated heterocycles. The van der Waals surface area contributed by atoms with Crippen LogP contribution in [0.15, 0.2) is 39.6 Å². The molecule has 212 valence electrons. The first-order chi connectivity index (χ1) is 18.1. The van der Waals surface area contributed by atoms with Gasteiger partial charge in [0.05, 0.1) is 26.4 Å². The summed E-state index contributed by atoms with van der Waals surface area (Å²) < 4.78 is 28.4. The molecule has 0 radical (unpaired) electrons. The van der Waals surface area contributed by atoms with Gasteiger partial charge in [-0.15, -0.1) is 0 Å². The zero-order valence-electron chi connectivity index (χ0n) is 24.5. The molecule has 1 N–H and O–H groups in total. The number of benzene rings is 1. The predicted molar refractivity (Wildman–Crippen MR) is 153 cm³/mol. The van der Waals surface area contributed by atoms with E-state index >= 15 is 0 Å². The minimum absolute atomic E-state index is 0.0713. The Morgan fingerprint density at radius 1 is 0.974 bits per heavy atom. The van der Waals surface area contributed by atoms with Crippen LogP contribution in [-0.4, -0.2) is 45.8 Å². The molecule has 1 heterocycles. The number of methoxy groups -OCH3 is 4. The van der Waals surface area contributed by atoms with E-state index in [0.29, 0.717) is 35.8 Å². The maximum atomic E-state index is 13.2. The van der Waals surface area contributed by atoms with E-state index in [1.54, 1.807) is 21.1 Å². The molecular weight excluding hydrogens is 484 g/mol. The van der Waals surface area contributed by atoms with E-state index in [-0.39, 0.29) is 51.9 Å². The van der Waals surface area contributed by atoms with E-state index in [2.05, 4.69) is 52.0 Å². The zero-order chi connectivity index (χ0) is 28.4. The van der Waals surface area contributed by atoms with Crippen LogP contribution in [0.3, 0.4) is 0 Å². The van der Waals surface area contributed by atoms with Crippen LogP contribution in [0.2, 0.25) is 0 Å². The molecule has 7 nitrogen and oxygen atoms in total. The lowest BCUT2D eigenvalue weighted by molar-refractivity contribution is -0.0343. The van der Waals surface area contributed by atoms with Crippen LogP contribution < -0.4 is 14.9 Å². The number of ether oxygens (including phenoxy) is 4. The molecular formula is C31H46O7. The Balaban J connectivity index is 2.23. The second-order valence-corrected chi connectivity index (χ2v) is 10.1. The van der Waals surface area contributed by atoms with E-state index in [4.69, 9.17) is 23.4 Å². The predicted octanol–water partition coefficient (Wildman–Crippen LogP) is 6.61. The van der Waals surface area contributed by atoms with Gasteiger partial charge in [-0.3, -0.25) is 4.79 Å². The van der Waals surface area contributed by atoms with Gasteiger partial charge < -0.3 is 28.5 Å². The highest BCUT2D eigenvalue weighted by atomic mass is 16.5. The summed E-state index contributed by atoms with van der Waals surface area (Å²) >= 11 is 0. The molecule has 5 atom stereocenters. The van der Waals surface area contributed by atoms with Crippen molar-refractivity contribution in [2.45, 2.75) is 72.5 Å². The fourth-order valence-corrected chi connectivity index (χ4v) is 5.11. The molecule has 0 bridgehead atoms. The SMILES string of the molecule is CCCC(C)C=C/C=C/C(OC)C(C)C(OC)C(C)CCc1oc2c(O)c(OC)cc(OC)c2c(=O)c1C. The van der Waals surface area contributed by atoms with Crippen LogP contribution in [0.1, 0.15) is 58.3 Å². The topological polar surface area (TPSA) is 87.4 Å². The highest BCUT2D eigenvalue weighted by molar-refractivity contribution is 5.91. The second kappa shape index (κ2) is 15.0. The molecule has 0 aliphatic rings. The third-order valence-electron chi connectivity index (χ3n) is 7.40. The van der Waals surface area contributed by atoms with Gasteiger partial charge in [-0.1, -0.05) is 58.4 Å². The van der Waals surface area contributed by atoms with Gasteiger partial charge in [0.15, 0.2) is 16.8 Å². The van der Waals surface area contributed by atoms with Crippen molar-refractivity contribution >= 4 is 11.0 Å². The third kappa shape index (κ3) is 7.41. The first-order valence-corrected chi connectivity index (χ1v) is 13.5. The number of aryl methyl sites for hydroxylation is 1. The molecule has 0 spiro atoms. The first kappa shape index (κ1) is 31.4. The molecule has 5 unspecified atom stereocenters. The number of hydrogen-bond acceptors (Lipinski definition) is 7. The Hall–Kier alpha value is -2.77. The van der Waals surface area contributed by atoms with E-state index in [0.717, 1.165) is 0 Å². The van der Waals surface area contributed by atoms with Crippen LogP contribution in [-0.2, 0) is 15.9 Å². The number of phenols is 1. The van der Waals surface area contributed by atoms with Gasteiger partial charge >= 0.3 is 0 Å². The highest BCUT2D eigenvalue weighted by Gasteiger charge is 2.29. The van der Waals surface area contributed by atoms with Gasteiger partial charge in [0, 0.05) is 38.2 Å². The fraction of sp³-hybridized carbons (Fsp3) is 0.581. The van der Waals surface area contributed by atoms with Crippen molar-refractivity contribution in [2.24, 2.45) is 17.8 Å². The summed E-state index contributed by atoms with van der Waals surface area (Å²) in [7, 11) is 6.34. The highest BCUT2D eigenvalue weighted by Crippen LogP contribution is 2.40. The molecule has 2 aromatic rings. The summed E-state index contributed by atoms with van der Waals surface area (Å²) in [5, 5.41) is 10.9. The van der Waals surface area contributed by atoms with E-state index in [9.17, 15) is 9.90 Å². The average molecular weight is 531 g/mol. The van der Waals surface area contributed by atoms with Crippen molar-refractivity contribution in [3.63, 3.8) is 0 Å². The van der Waals surface area contributed by atoms with Crippen molar-refractivity contribution < 1.29 is 28.5 Å². The van der Waals surface area contributed by atoms with Crippen molar-refractivity contribution in [3.05, 3.63) is 51.9 Å². The number of phenolic OH excluding ortho intramolecular Hbond substituents is 1. The second-order valence-electron chi connectivity index (χ2n) is 10.1.